The van der Waals surface area contributed by atoms with E-state index in [1.807, 2.05) is 18.3 Å². The molecule has 3 heterocycles. The fraction of sp³-hybridized carbons (Fsp3) is 0.360. The molecule has 1 N–H and O–H groups in total. The Morgan fingerprint density at radius 3 is 2.48 bits per heavy atom. The highest BCUT2D eigenvalue weighted by molar-refractivity contribution is 7.80. The van der Waals surface area contributed by atoms with Crippen LogP contribution in [-0.2, 0) is 0 Å². The van der Waals surface area contributed by atoms with Crippen LogP contribution in [0.15, 0.2) is 60.8 Å². The van der Waals surface area contributed by atoms with Crippen LogP contribution < -0.4 is 5.32 Å². The summed E-state index contributed by atoms with van der Waals surface area (Å²) < 4.78 is 2.34. The summed E-state index contributed by atoms with van der Waals surface area (Å²) in [6.45, 7) is 6.33. The summed E-state index contributed by atoms with van der Waals surface area (Å²) >= 11 is 5.82. The number of nitrogens with zero attached hydrogens (tertiary/aromatic N) is 4. The Hall–Kier alpha value is -2.70. The molecule has 31 heavy (non-hydrogen) atoms. The van der Waals surface area contributed by atoms with Crippen LogP contribution >= 0.6 is 12.2 Å². The number of hydrogen-bond acceptors (Lipinski definition) is 3. The molecule has 0 spiro atoms. The predicted octanol–water partition coefficient (Wildman–Crippen LogP) is 4.41. The highest BCUT2D eigenvalue weighted by Gasteiger charge is 2.41. The number of benzene rings is 1. The van der Waals surface area contributed by atoms with E-state index in [1.54, 1.807) is 0 Å². The zero-order chi connectivity index (χ0) is 22.0. The van der Waals surface area contributed by atoms with Crippen molar-refractivity contribution in [2.24, 2.45) is 0 Å². The van der Waals surface area contributed by atoms with Crippen LogP contribution in [0.3, 0.4) is 0 Å². The van der Waals surface area contributed by atoms with Crippen molar-refractivity contribution in [3.05, 3.63) is 83.4 Å². The molecule has 1 fully saturated rings. The van der Waals surface area contributed by atoms with Crippen molar-refractivity contribution in [3.8, 4) is 5.69 Å². The molecule has 2 unspecified atom stereocenters. The fourth-order valence-electron chi connectivity index (χ4n) is 4.60. The van der Waals surface area contributed by atoms with Gasteiger partial charge in [0.05, 0.1) is 17.8 Å². The SMILES string of the molecule is Cc1cc(C2C(c3ccccn3)NC(=S)N2CCCN(C)C)c(C)n1-c1ccccc1. The van der Waals surface area contributed by atoms with Gasteiger partial charge in [0, 0.05) is 29.8 Å². The second kappa shape index (κ2) is 9.20. The maximum atomic E-state index is 5.82. The maximum absolute atomic E-state index is 5.82. The quantitative estimate of drug-likeness (QED) is 0.559. The molecular weight excluding hydrogens is 402 g/mol. The number of rotatable bonds is 7. The Kier molecular flexibility index (Phi) is 6.39. The lowest BCUT2D eigenvalue weighted by Gasteiger charge is -2.28. The van der Waals surface area contributed by atoms with Gasteiger partial charge < -0.3 is 19.7 Å². The average Bonchev–Trinajstić information content (AvgIpc) is 3.24. The standard InChI is InChI=1S/C25H31N5S/c1-18-17-21(19(2)30(18)20-11-6-5-7-12-20)24-23(22-13-8-9-14-26-22)27-25(31)29(24)16-10-15-28(3)4/h5-9,11-14,17,23-24H,10,15-16H2,1-4H3,(H,27,31). The van der Waals surface area contributed by atoms with E-state index in [1.165, 1.54) is 22.6 Å². The van der Waals surface area contributed by atoms with Gasteiger partial charge in [-0.05, 0) is 89.0 Å². The Labute approximate surface area is 190 Å². The maximum Gasteiger partial charge on any atom is 0.170 e. The summed E-state index contributed by atoms with van der Waals surface area (Å²) in [6, 6.07) is 19.1. The summed E-state index contributed by atoms with van der Waals surface area (Å²) in [6.07, 6.45) is 2.91. The first kappa shape index (κ1) is 21.5. The van der Waals surface area contributed by atoms with Crippen LogP contribution in [0.4, 0.5) is 0 Å². The minimum Gasteiger partial charge on any atom is -0.352 e. The molecule has 3 aromatic rings. The summed E-state index contributed by atoms with van der Waals surface area (Å²) in [5, 5.41) is 4.38. The molecule has 1 aliphatic rings. The monoisotopic (exact) mass is 433 g/mol. The van der Waals surface area contributed by atoms with Crippen molar-refractivity contribution in [2.45, 2.75) is 32.4 Å². The summed E-state index contributed by atoms with van der Waals surface area (Å²) in [5.41, 5.74) is 5.98. The number of hydrogen-bond donors (Lipinski definition) is 1. The number of para-hydroxylation sites is 1. The molecule has 2 atom stereocenters. The van der Waals surface area contributed by atoms with Gasteiger partial charge in [0.25, 0.3) is 0 Å². The van der Waals surface area contributed by atoms with Gasteiger partial charge in [-0.25, -0.2) is 0 Å². The molecule has 5 nitrogen and oxygen atoms in total. The van der Waals surface area contributed by atoms with Gasteiger partial charge in [0.15, 0.2) is 5.11 Å². The van der Waals surface area contributed by atoms with Crippen LogP contribution in [0.1, 0.15) is 41.1 Å². The normalized spacial score (nSPS) is 18.6. The summed E-state index contributed by atoms with van der Waals surface area (Å²) in [4.78, 5) is 9.24. The lowest BCUT2D eigenvalue weighted by atomic mass is 9.96. The third kappa shape index (κ3) is 4.36. The largest absolute Gasteiger partial charge is 0.352 e. The van der Waals surface area contributed by atoms with Gasteiger partial charge in [0.1, 0.15) is 0 Å². The van der Waals surface area contributed by atoms with Gasteiger partial charge in [-0.15, -0.1) is 0 Å². The van der Waals surface area contributed by atoms with Gasteiger partial charge in [-0.2, -0.15) is 0 Å². The Morgan fingerprint density at radius 2 is 1.81 bits per heavy atom. The molecule has 0 radical (unpaired) electrons. The van der Waals surface area contributed by atoms with Crippen molar-refractivity contribution in [2.75, 3.05) is 27.2 Å². The molecule has 0 aliphatic carbocycles. The molecular formula is C25H31N5S. The topological polar surface area (TPSA) is 36.3 Å². The van der Waals surface area contributed by atoms with E-state index in [9.17, 15) is 0 Å². The van der Waals surface area contributed by atoms with E-state index < -0.39 is 0 Å². The molecule has 1 aliphatic heterocycles. The molecule has 0 amide bonds. The summed E-state index contributed by atoms with van der Waals surface area (Å²) in [7, 11) is 4.23. The zero-order valence-electron chi connectivity index (χ0n) is 18.7. The fourth-order valence-corrected chi connectivity index (χ4v) is 4.94. The molecule has 162 valence electrons. The Morgan fingerprint density at radius 1 is 1.06 bits per heavy atom. The summed E-state index contributed by atoms with van der Waals surface area (Å²) in [5.74, 6) is 0. The van der Waals surface area contributed by atoms with E-state index in [0.717, 1.165) is 30.3 Å². The van der Waals surface area contributed by atoms with Gasteiger partial charge >= 0.3 is 0 Å². The number of aryl methyl sites for hydroxylation is 1. The lowest BCUT2D eigenvalue weighted by molar-refractivity contribution is 0.292. The van der Waals surface area contributed by atoms with Crippen molar-refractivity contribution >= 4 is 17.3 Å². The molecule has 0 saturated carbocycles. The van der Waals surface area contributed by atoms with E-state index in [2.05, 4.69) is 95.1 Å². The lowest BCUT2D eigenvalue weighted by Crippen LogP contribution is -2.32. The minimum atomic E-state index is 0.0257. The second-order valence-electron chi connectivity index (χ2n) is 8.47. The average molecular weight is 434 g/mol. The van der Waals surface area contributed by atoms with E-state index >= 15 is 0 Å². The zero-order valence-corrected chi connectivity index (χ0v) is 19.6. The first-order chi connectivity index (χ1) is 15.0. The van der Waals surface area contributed by atoms with Crippen molar-refractivity contribution in [1.82, 2.24) is 24.7 Å². The highest BCUT2D eigenvalue weighted by atomic mass is 32.1. The van der Waals surface area contributed by atoms with Crippen LogP contribution in [0, 0.1) is 13.8 Å². The third-order valence-electron chi connectivity index (χ3n) is 6.01. The third-order valence-corrected chi connectivity index (χ3v) is 6.36. The van der Waals surface area contributed by atoms with E-state index in [-0.39, 0.29) is 12.1 Å². The van der Waals surface area contributed by atoms with Crippen LogP contribution in [-0.4, -0.2) is 51.6 Å². The van der Waals surface area contributed by atoms with Crippen LogP contribution in [0.25, 0.3) is 5.69 Å². The minimum absolute atomic E-state index is 0.0257. The van der Waals surface area contributed by atoms with Crippen molar-refractivity contribution < 1.29 is 0 Å². The number of aromatic nitrogens is 2. The first-order valence-electron chi connectivity index (χ1n) is 10.8. The smallest absolute Gasteiger partial charge is 0.170 e. The van der Waals surface area contributed by atoms with Gasteiger partial charge in [-0.1, -0.05) is 24.3 Å². The highest BCUT2D eigenvalue weighted by Crippen LogP contribution is 2.41. The van der Waals surface area contributed by atoms with Gasteiger partial charge in [0.2, 0.25) is 0 Å². The first-order valence-corrected chi connectivity index (χ1v) is 11.2. The molecule has 1 aromatic carbocycles. The second-order valence-corrected chi connectivity index (χ2v) is 8.86. The predicted molar refractivity (Wildman–Crippen MR) is 131 cm³/mol. The van der Waals surface area contributed by atoms with E-state index in [0.29, 0.717) is 0 Å². The molecule has 1 saturated heterocycles. The van der Waals surface area contributed by atoms with Gasteiger partial charge in [-0.3, -0.25) is 4.98 Å². The molecule has 6 heteroatoms. The molecule has 0 bridgehead atoms. The molecule has 4 rings (SSSR count). The Balaban J connectivity index is 1.76. The van der Waals surface area contributed by atoms with Crippen LogP contribution in [0.2, 0.25) is 0 Å². The van der Waals surface area contributed by atoms with Crippen molar-refractivity contribution in [3.63, 3.8) is 0 Å². The molecule has 2 aromatic heterocycles. The number of nitrogens with one attached hydrogen (secondary N) is 1. The number of pyridine rings is 1. The number of thiocarbonyl (C=S) groups is 1. The van der Waals surface area contributed by atoms with Crippen LogP contribution in [0.5, 0.6) is 0 Å². The Bertz CT molecular complexity index is 1030. The van der Waals surface area contributed by atoms with E-state index in [4.69, 9.17) is 12.2 Å². The van der Waals surface area contributed by atoms with Crippen molar-refractivity contribution in [1.29, 1.82) is 0 Å².